The summed E-state index contributed by atoms with van der Waals surface area (Å²) in [7, 11) is 0. The van der Waals surface area contributed by atoms with Gasteiger partial charge in [-0.2, -0.15) is 0 Å². The Morgan fingerprint density at radius 1 is 0.625 bits per heavy atom. The van der Waals surface area contributed by atoms with E-state index in [9.17, 15) is 0 Å². The van der Waals surface area contributed by atoms with Gasteiger partial charge in [-0.25, -0.2) is 0 Å². The van der Waals surface area contributed by atoms with Crippen molar-refractivity contribution in [1.29, 1.82) is 0 Å². The zero-order chi connectivity index (χ0) is 30.3. The second-order valence-electron chi connectivity index (χ2n) is 15.0. The SMILES string of the molecule is CCC(C)(C)c1cc2c(c(C(C)(C)CC)c1)OC(C)(C)Oc1c(cc(C(C)(C)CC)cc1C(C)(C)CC)CN=C2. The lowest BCUT2D eigenvalue weighted by Crippen LogP contribution is -2.38. The van der Waals surface area contributed by atoms with Crippen LogP contribution in [0, 0.1) is 0 Å². The minimum atomic E-state index is -0.880. The molecule has 0 radical (unpaired) electrons. The highest BCUT2D eigenvalue weighted by atomic mass is 16.7. The first-order valence-electron chi connectivity index (χ1n) is 15.6. The average molecular weight is 548 g/mol. The first-order valence-corrected chi connectivity index (χ1v) is 15.6. The van der Waals surface area contributed by atoms with Gasteiger partial charge in [0.25, 0.3) is 0 Å². The smallest absolute Gasteiger partial charge is 0.245 e. The molecular formula is C37H57NO2. The highest BCUT2D eigenvalue weighted by Crippen LogP contribution is 2.45. The quantitative estimate of drug-likeness (QED) is 0.329. The molecule has 1 heterocycles. The number of hydrogen-bond donors (Lipinski definition) is 0. The summed E-state index contributed by atoms with van der Waals surface area (Å²) >= 11 is 0. The lowest BCUT2D eigenvalue weighted by molar-refractivity contribution is -0.0836. The maximum atomic E-state index is 6.96. The Hall–Kier alpha value is -2.29. The van der Waals surface area contributed by atoms with Gasteiger partial charge in [0.15, 0.2) is 0 Å². The molecule has 0 aromatic heterocycles. The molecule has 0 bridgehead atoms. The fourth-order valence-corrected chi connectivity index (χ4v) is 5.12. The van der Waals surface area contributed by atoms with Crippen molar-refractivity contribution < 1.29 is 9.47 Å². The fourth-order valence-electron chi connectivity index (χ4n) is 5.12. The summed E-state index contributed by atoms with van der Waals surface area (Å²) in [5, 5.41) is 0. The topological polar surface area (TPSA) is 30.8 Å². The number of aliphatic imine (C=N–C) groups is 1. The number of hydrogen-bond acceptors (Lipinski definition) is 3. The summed E-state index contributed by atoms with van der Waals surface area (Å²) in [6.45, 7) is 32.3. The van der Waals surface area contributed by atoms with Crippen LogP contribution in [0.2, 0.25) is 0 Å². The first kappa shape index (κ1) is 32.2. The van der Waals surface area contributed by atoms with Crippen LogP contribution in [0.5, 0.6) is 11.5 Å². The molecule has 0 aliphatic carbocycles. The van der Waals surface area contributed by atoms with Crippen molar-refractivity contribution in [3.8, 4) is 11.5 Å². The van der Waals surface area contributed by atoms with Crippen LogP contribution in [-0.2, 0) is 28.2 Å². The van der Waals surface area contributed by atoms with E-state index in [2.05, 4.69) is 121 Å². The Morgan fingerprint density at radius 2 is 1.05 bits per heavy atom. The van der Waals surface area contributed by atoms with Gasteiger partial charge in [0.2, 0.25) is 5.79 Å². The summed E-state index contributed by atoms with van der Waals surface area (Å²) in [5.41, 5.74) is 7.31. The molecule has 40 heavy (non-hydrogen) atoms. The van der Waals surface area contributed by atoms with Crippen molar-refractivity contribution in [3.05, 3.63) is 57.6 Å². The minimum Gasteiger partial charge on any atom is -0.452 e. The molecule has 1 aliphatic rings. The Kier molecular flexibility index (Phi) is 9.01. The molecular weight excluding hydrogens is 490 g/mol. The summed E-state index contributed by atoms with van der Waals surface area (Å²) in [4.78, 5) is 5.07. The molecule has 0 unspecified atom stereocenters. The van der Waals surface area contributed by atoms with Gasteiger partial charge in [-0.15, -0.1) is 0 Å². The molecule has 2 aromatic carbocycles. The zero-order valence-corrected chi connectivity index (χ0v) is 28.2. The molecule has 3 heteroatoms. The number of benzene rings is 2. The number of ether oxygens (including phenoxy) is 2. The van der Waals surface area contributed by atoms with Crippen molar-refractivity contribution >= 4 is 6.21 Å². The normalized spacial score (nSPS) is 16.1. The van der Waals surface area contributed by atoms with Gasteiger partial charge in [0.1, 0.15) is 11.5 Å². The van der Waals surface area contributed by atoms with Crippen LogP contribution in [-0.4, -0.2) is 12.0 Å². The van der Waals surface area contributed by atoms with Crippen molar-refractivity contribution in [3.63, 3.8) is 0 Å². The van der Waals surface area contributed by atoms with Gasteiger partial charge in [-0.05, 0) is 70.6 Å². The van der Waals surface area contributed by atoms with Crippen LogP contribution in [0.3, 0.4) is 0 Å². The maximum absolute atomic E-state index is 6.96. The van der Waals surface area contributed by atoms with E-state index in [-0.39, 0.29) is 21.7 Å². The van der Waals surface area contributed by atoms with E-state index in [0.717, 1.165) is 48.3 Å². The van der Waals surface area contributed by atoms with Gasteiger partial charge in [0.05, 0.1) is 6.54 Å². The predicted octanol–water partition coefficient (Wildman–Crippen LogP) is 10.6. The second kappa shape index (κ2) is 11.2. The maximum Gasteiger partial charge on any atom is 0.245 e. The van der Waals surface area contributed by atoms with Crippen LogP contribution in [0.15, 0.2) is 29.3 Å². The second-order valence-corrected chi connectivity index (χ2v) is 15.0. The van der Waals surface area contributed by atoms with E-state index in [1.54, 1.807) is 0 Å². The van der Waals surface area contributed by atoms with Crippen LogP contribution in [0.25, 0.3) is 0 Å². The lowest BCUT2D eigenvalue weighted by atomic mass is 9.75. The molecule has 0 spiro atoms. The monoisotopic (exact) mass is 547 g/mol. The summed E-state index contributed by atoms with van der Waals surface area (Å²) < 4.78 is 13.9. The van der Waals surface area contributed by atoms with E-state index >= 15 is 0 Å². The van der Waals surface area contributed by atoms with Crippen LogP contribution in [0.4, 0.5) is 0 Å². The fraction of sp³-hybridized carbons (Fsp3) is 0.649. The Balaban J connectivity index is 2.35. The van der Waals surface area contributed by atoms with Gasteiger partial charge < -0.3 is 9.47 Å². The summed E-state index contributed by atoms with van der Waals surface area (Å²) in [6.07, 6.45) is 6.19. The van der Waals surface area contributed by atoms with Crippen molar-refractivity contribution in [2.45, 2.75) is 157 Å². The molecule has 2 aromatic rings. The van der Waals surface area contributed by atoms with Gasteiger partial charge in [-0.1, -0.05) is 95.2 Å². The molecule has 0 fully saturated rings. The van der Waals surface area contributed by atoms with E-state index in [1.807, 2.05) is 6.21 Å². The third-order valence-corrected chi connectivity index (χ3v) is 10.0. The van der Waals surface area contributed by atoms with E-state index in [1.165, 1.54) is 22.3 Å². The molecule has 1 aliphatic heterocycles. The van der Waals surface area contributed by atoms with Gasteiger partial charge >= 0.3 is 0 Å². The van der Waals surface area contributed by atoms with Crippen molar-refractivity contribution in [2.75, 3.05) is 0 Å². The molecule has 0 atom stereocenters. The predicted molar refractivity (Wildman–Crippen MR) is 173 cm³/mol. The van der Waals surface area contributed by atoms with Crippen LogP contribution >= 0.6 is 0 Å². The van der Waals surface area contributed by atoms with E-state index in [4.69, 9.17) is 14.5 Å². The molecule has 3 rings (SSSR count). The largest absolute Gasteiger partial charge is 0.452 e. The standard InChI is InChI=1S/C37H57NO2/c1-15-33(5,6)27-19-25-23-38-24-26-20-28(34(7,8)16-2)22-30(36(11,12)18-4)32(26)40-37(13,14)39-31(25)29(21-27)35(9,10)17-3/h19-23H,15-18,24H2,1-14H3. The molecule has 3 nitrogen and oxygen atoms in total. The lowest BCUT2D eigenvalue weighted by Gasteiger charge is -2.38. The zero-order valence-electron chi connectivity index (χ0n) is 28.2. The molecule has 0 saturated heterocycles. The molecule has 222 valence electrons. The summed E-state index contributed by atoms with van der Waals surface area (Å²) in [5.74, 6) is 0.933. The molecule has 0 saturated carbocycles. The van der Waals surface area contributed by atoms with Crippen molar-refractivity contribution in [1.82, 2.24) is 0 Å². The highest BCUT2D eigenvalue weighted by Gasteiger charge is 2.36. The average Bonchev–Trinajstić information content (AvgIpc) is 2.88. The molecule has 0 amide bonds. The van der Waals surface area contributed by atoms with Crippen molar-refractivity contribution in [2.24, 2.45) is 4.99 Å². The van der Waals surface area contributed by atoms with Gasteiger partial charge in [0, 0.05) is 42.3 Å². The minimum absolute atomic E-state index is 0.0522. The summed E-state index contributed by atoms with van der Waals surface area (Å²) in [6, 6.07) is 9.38. The number of nitrogens with zero attached hydrogens (tertiary/aromatic N) is 1. The van der Waals surface area contributed by atoms with E-state index in [0.29, 0.717) is 6.54 Å². The van der Waals surface area contributed by atoms with Crippen LogP contribution < -0.4 is 9.47 Å². The Morgan fingerprint density at radius 3 is 1.52 bits per heavy atom. The third kappa shape index (κ3) is 6.44. The molecule has 0 N–H and O–H groups in total. The van der Waals surface area contributed by atoms with Crippen LogP contribution in [0.1, 0.15) is 156 Å². The van der Waals surface area contributed by atoms with Gasteiger partial charge in [-0.3, -0.25) is 4.99 Å². The third-order valence-electron chi connectivity index (χ3n) is 10.0. The number of rotatable bonds is 8. The Bertz CT molecular complexity index is 1240. The van der Waals surface area contributed by atoms with E-state index < -0.39 is 5.79 Å². The number of fused-ring (bicyclic) bond motifs is 2. The first-order chi connectivity index (χ1) is 18.3. The Labute approximate surface area is 246 Å². The highest BCUT2D eigenvalue weighted by molar-refractivity contribution is 5.85.